The highest BCUT2D eigenvalue weighted by Gasteiger charge is 2.36. The number of hydrogen-bond donors (Lipinski definition) is 2. The zero-order valence-corrected chi connectivity index (χ0v) is 16.6. The molecule has 1 aromatic heterocycles. The average Bonchev–Trinajstić information content (AvgIpc) is 3.18. The van der Waals surface area contributed by atoms with E-state index in [1.54, 1.807) is 36.4 Å². The molecule has 3 aromatic rings. The molecule has 0 radical (unpaired) electrons. The van der Waals surface area contributed by atoms with Crippen LogP contribution >= 0.6 is 0 Å². The fourth-order valence-corrected chi connectivity index (χ4v) is 3.53. The average molecular weight is 408 g/mol. The van der Waals surface area contributed by atoms with E-state index in [2.05, 4.69) is 15.7 Å². The molecule has 1 aliphatic heterocycles. The van der Waals surface area contributed by atoms with Crippen molar-refractivity contribution in [3.05, 3.63) is 60.0 Å². The van der Waals surface area contributed by atoms with Gasteiger partial charge in [0.15, 0.2) is 0 Å². The molecular weight excluding hydrogens is 387 g/mol. The van der Waals surface area contributed by atoms with E-state index in [0.717, 1.165) is 16.9 Å². The Morgan fingerprint density at radius 2 is 1.90 bits per heavy atom. The minimum absolute atomic E-state index is 0.0595. The number of hydrogen-bond acceptors (Lipinski definition) is 4. The van der Waals surface area contributed by atoms with Gasteiger partial charge in [-0.15, -0.1) is 0 Å². The maximum Gasteiger partial charge on any atom is 0.251 e. The lowest BCUT2D eigenvalue weighted by atomic mass is 10.1. The van der Waals surface area contributed by atoms with E-state index >= 15 is 0 Å². The van der Waals surface area contributed by atoms with Crippen LogP contribution in [0.15, 0.2) is 48.5 Å². The fraction of sp³-hybridized carbons (Fsp3) is 0.227. The third-order valence-electron chi connectivity index (χ3n) is 4.89. The summed E-state index contributed by atoms with van der Waals surface area (Å²) in [5, 5.41) is 10.1. The number of carbonyl (C=O) groups excluding carboxylic acids is 2. The van der Waals surface area contributed by atoms with Gasteiger partial charge in [-0.25, -0.2) is 9.07 Å². The molecule has 2 aromatic carbocycles. The van der Waals surface area contributed by atoms with Crippen LogP contribution in [-0.4, -0.2) is 28.2 Å². The standard InChI is InChI=1S/C22H21FN4O3/c1-3-30-17-10-8-16(9-11-17)24-19(28)12-18-22(29)25-21-20(13(2)26-27(18)21)14-4-6-15(23)7-5-14/h4-11,18H,3,12H2,1-2H3,(H,24,28)(H,25,29). The number of halogens is 1. The molecule has 1 aliphatic rings. The highest BCUT2D eigenvalue weighted by Crippen LogP contribution is 2.38. The summed E-state index contributed by atoms with van der Waals surface area (Å²) in [7, 11) is 0. The van der Waals surface area contributed by atoms with Crippen LogP contribution in [0.5, 0.6) is 5.75 Å². The van der Waals surface area contributed by atoms with Crippen molar-refractivity contribution in [2.45, 2.75) is 26.3 Å². The van der Waals surface area contributed by atoms with Crippen molar-refractivity contribution < 1.29 is 18.7 Å². The summed E-state index contributed by atoms with van der Waals surface area (Å²) < 4.78 is 20.2. The van der Waals surface area contributed by atoms with Crippen LogP contribution in [0.1, 0.15) is 25.1 Å². The van der Waals surface area contributed by atoms with E-state index in [0.29, 0.717) is 23.8 Å². The molecule has 2 heterocycles. The smallest absolute Gasteiger partial charge is 0.251 e. The number of carbonyl (C=O) groups is 2. The van der Waals surface area contributed by atoms with Crippen molar-refractivity contribution in [3.63, 3.8) is 0 Å². The zero-order valence-electron chi connectivity index (χ0n) is 16.6. The Labute approximate surface area is 172 Å². The first-order valence-electron chi connectivity index (χ1n) is 9.65. The van der Waals surface area contributed by atoms with Crippen LogP contribution < -0.4 is 15.4 Å². The fourth-order valence-electron chi connectivity index (χ4n) is 3.53. The molecule has 2 N–H and O–H groups in total. The maximum atomic E-state index is 13.3. The van der Waals surface area contributed by atoms with Crippen molar-refractivity contribution in [1.29, 1.82) is 0 Å². The Hall–Kier alpha value is -3.68. The van der Waals surface area contributed by atoms with Crippen molar-refractivity contribution in [2.24, 2.45) is 0 Å². The third kappa shape index (κ3) is 3.76. The summed E-state index contributed by atoms with van der Waals surface area (Å²) in [6.07, 6.45) is -0.0595. The quantitative estimate of drug-likeness (QED) is 0.647. The highest BCUT2D eigenvalue weighted by molar-refractivity contribution is 6.04. The number of anilines is 2. The summed E-state index contributed by atoms with van der Waals surface area (Å²) in [5.41, 5.74) is 2.77. The minimum Gasteiger partial charge on any atom is -0.494 e. The summed E-state index contributed by atoms with van der Waals surface area (Å²) in [5.74, 6) is 0.290. The van der Waals surface area contributed by atoms with Gasteiger partial charge < -0.3 is 15.4 Å². The first-order chi connectivity index (χ1) is 14.5. The number of ether oxygens (including phenoxy) is 1. The van der Waals surface area contributed by atoms with E-state index in [-0.39, 0.29) is 24.1 Å². The maximum absolute atomic E-state index is 13.3. The summed E-state index contributed by atoms with van der Waals surface area (Å²) in [6.45, 7) is 4.27. The van der Waals surface area contributed by atoms with Gasteiger partial charge in [-0.2, -0.15) is 5.10 Å². The lowest BCUT2D eigenvalue weighted by Gasteiger charge is -2.10. The van der Waals surface area contributed by atoms with E-state index in [1.807, 2.05) is 13.8 Å². The number of fused-ring (bicyclic) bond motifs is 1. The van der Waals surface area contributed by atoms with Crippen molar-refractivity contribution in [3.8, 4) is 16.9 Å². The van der Waals surface area contributed by atoms with Crippen molar-refractivity contribution in [2.75, 3.05) is 17.2 Å². The molecule has 7 nitrogen and oxygen atoms in total. The molecule has 0 saturated carbocycles. The molecule has 0 spiro atoms. The number of rotatable bonds is 6. The number of nitrogens with zero attached hydrogens (tertiary/aromatic N) is 2. The highest BCUT2D eigenvalue weighted by atomic mass is 19.1. The van der Waals surface area contributed by atoms with Gasteiger partial charge in [0.2, 0.25) is 5.91 Å². The normalized spacial score (nSPS) is 14.9. The Morgan fingerprint density at radius 1 is 1.20 bits per heavy atom. The second-order valence-corrected chi connectivity index (χ2v) is 6.98. The molecule has 4 rings (SSSR count). The Morgan fingerprint density at radius 3 is 2.57 bits per heavy atom. The van der Waals surface area contributed by atoms with Gasteiger partial charge in [0.1, 0.15) is 23.4 Å². The number of nitrogens with one attached hydrogen (secondary N) is 2. The summed E-state index contributed by atoms with van der Waals surface area (Å²) in [4.78, 5) is 25.0. The molecule has 0 bridgehead atoms. The van der Waals surface area contributed by atoms with Gasteiger partial charge >= 0.3 is 0 Å². The Bertz CT molecular complexity index is 1090. The van der Waals surface area contributed by atoms with Crippen LogP contribution in [0.3, 0.4) is 0 Å². The van der Waals surface area contributed by atoms with Crippen molar-refractivity contribution in [1.82, 2.24) is 9.78 Å². The van der Waals surface area contributed by atoms with E-state index in [9.17, 15) is 14.0 Å². The Kier molecular flexibility index (Phi) is 5.22. The topological polar surface area (TPSA) is 85.2 Å². The van der Waals surface area contributed by atoms with E-state index < -0.39 is 6.04 Å². The van der Waals surface area contributed by atoms with E-state index in [4.69, 9.17) is 4.74 Å². The molecule has 0 saturated heterocycles. The summed E-state index contributed by atoms with van der Waals surface area (Å²) in [6, 6.07) is 12.3. The lowest BCUT2D eigenvalue weighted by Crippen LogP contribution is -2.23. The number of aromatic nitrogens is 2. The molecule has 0 fully saturated rings. The van der Waals surface area contributed by atoms with Crippen molar-refractivity contribution >= 4 is 23.3 Å². The molecule has 30 heavy (non-hydrogen) atoms. The summed E-state index contributed by atoms with van der Waals surface area (Å²) >= 11 is 0. The lowest BCUT2D eigenvalue weighted by molar-refractivity contribution is -0.123. The van der Waals surface area contributed by atoms with Gasteiger partial charge in [0, 0.05) is 11.3 Å². The van der Waals surface area contributed by atoms with E-state index in [1.165, 1.54) is 16.8 Å². The first kappa shape index (κ1) is 19.6. The number of benzene rings is 2. The predicted molar refractivity (Wildman–Crippen MR) is 111 cm³/mol. The number of amides is 2. The van der Waals surface area contributed by atoms with Crippen LogP contribution in [0.25, 0.3) is 11.1 Å². The van der Waals surface area contributed by atoms with Crippen LogP contribution in [-0.2, 0) is 9.59 Å². The molecule has 8 heteroatoms. The van der Waals surface area contributed by atoms with Gasteiger partial charge in [-0.1, -0.05) is 12.1 Å². The molecule has 1 atom stereocenters. The largest absolute Gasteiger partial charge is 0.494 e. The second kappa shape index (κ2) is 7.98. The van der Waals surface area contributed by atoms with Gasteiger partial charge in [0.25, 0.3) is 5.91 Å². The first-order valence-corrected chi connectivity index (χ1v) is 9.65. The molecule has 1 unspecified atom stereocenters. The van der Waals surface area contributed by atoms with Gasteiger partial charge in [0.05, 0.1) is 18.7 Å². The number of aryl methyl sites for hydroxylation is 1. The minimum atomic E-state index is -0.754. The monoisotopic (exact) mass is 408 g/mol. The third-order valence-corrected chi connectivity index (χ3v) is 4.89. The molecule has 154 valence electrons. The molecular formula is C22H21FN4O3. The second-order valence-electron chi connectivity index (χ2n) is 6.98. The van der Waals surface area contributed by atoms with Crippen LogP contribution in [0.2, 0.25) is 0 Å². The van der Waals surface area contributed by atoms with Gasteiger partial charge in [-0.05, 0) is 55.8 Å². The van der Waals surface area contributed by atoms with Gasteiger partial charge in [-0.3, -0.25) is 9.59 Å². The molecule has 2 amide bonds. The predicted octanol–water partition coefficient (Wildman–Crippen LogP) is 3.92. The molecule has 0 aliphatic carbocycles. The zero-order chi connectivity index (χ0) is 21.3. The SMILES string of the molecule is CCOc1ccc(NC(=O)CC2C(=O)Nc3c(-c4ccc(F)cc4)c(C)nn32)cc1. The Balaban J connectivity index is 1.51. The van der Waals surface area contributed by atoms with Crippen LogP contribution in [0, 0.1) is 12.7 Å². The van der Waals surface area contributed by atoms with Crippen LogP contribution in [0.4, 0.5) is 15.9 Å².